The third kappa shape index (κ3) is 21.7. The molecule has 9 nitrogen and oxygen atoms in total. The van der Waals surface area contributed by atoms with E-state index in [0.717, 1.165) is 38.5 Å². The molecular formula is C39H73NO8. The maximum atomic E-state index is 12.8. The van der Waals surface area contributed by atoms with Crippen LogP contribution in [0.1, 0.15) is 162 Å². The maximum absolute atomic E-state index is 12.8. The number of ether oxygens (including phenoxy) is 2. The summed E-state index contributed by atoms with van der Waals surface area (Å²) in [6, 6.07) is -0.798. The summed E-state index contributed by atoms with van der Waals surface area (Å²) in [5, 5.41) is 53.4. The number of amides is 1. The molecule has 1 aliphatic heterocycles. The van der Waals surface area contributed by atoms with E-state index in [9.17, 15) is 30.3 Å². The van der Waals surface area contributed by atoms with E-state index in [-0.39, 0.29) is 12.5 Å². The molecule has 0 aliphatic carbocycles. The van der Waals surface area contributed by atoms with E-state index in [1.807, 2.05) is 6.08 Å². The monoisotopic (exact) mass is 684 g/mol. The summed E-state index contributed by atoms with van der Waals surface area (Å²) in [6.45, 7) is 3.60. The predicted molar refractivity (Wildman–Crippen MR) is 193 cm³/mol. The highest BCUT2D eigenvalue weighted by Crippen LogP contribution is 2.22. The summed E-state index contributed by atoms with van der Waals surface area (Å²) in [4.78, 5) is 12.8. The standard InChI is InChI=1S/C39H73NO8/c1-3-5-7-9-10-11-12-13-14-15-16-17-18-19-20-21-22-23-24-25-27-29-35(43)40-32(33(42)28-26-8-6-4-2)31-47-39-38(46)37(45)36(44)34(30-41)48-39/h15-16,26,28,32-34,36-39,41-42,44-46H,3-14,17-25,27,29-31H2,1-2H3,(H,40,43)/b16-15-,28-26+. The van der Waals surface area contributed by atoms with E-state index in [2.05, 4.69) is 31.3 Å². The van der Waals surface area contributed by atoms with Crippen molar-refractivity contribution in [3.05, 3.63) is 24.3 Å². The Labute approximate surface area is 292 Å². The Balaban J connectivity index is 2.20. The van der Waals surface area contributed by atoms with Gasteiger partial charge in [-0.15, -0.1) is 0 Å². The number of aliphatic hydroxyl groups is 5. The lowest BCUT2D eigenvalue weighted by molar-refractivity contribution is -0.302. The molecule has 0 aromatic heterocycles. The van der Waals surface area contributed by atoms with Crippen LogP contribution in [-0.2, 0) is 14.3 Å². The number of allylic oxidation sites excluding steroid dienone is 3. The lowest BCUT2D eigenvalue weighted by Gasteiger charge is -2.40. The van der Waals surface area contributed by atoms with Gasteiger partial charge in [-0.05, 0) is 38.5 Å². The van der Waals surface area contributed by atoms with Crippen molar-refractivity contribution in [3.8, 4) is 0 Å². The first-order chi connectivity index (χ1) is 23.3. The van der Waals surface area contributed by atoms with Gasteiger partial charge in [0.2, 0.25) is 5.91 Å². The van der Waals surface area contributed by atoms with E-state index in [1.54, 1.807) is 6.08 Å². The molecule has 0 aromatic carbocycles. The van der Waals surface area contributed by atoms with E-state index in [0.29, 0.717) is 6.42 Å². The predicted octanol–water partition coefficient (Wildman–Crippen LogP) is 6.77. The zero-order valence-electron chi connectivity index (χ0n) is 30.5. The smallest absolute Gasteiger partial charge is 0.220 e. The van der Waals surface area contributed by atoms with Crippen molar-refractivity contribution in [3.63, 3.8) is 0 Å². The normalized spacial score (nSPS) is 22.9. The Morgan fingerprint density at radius 2 is 1.19 bits per heavy atom. The van der Waals surface area contributed by atoms with Crippen LogP contribution in [0.15, 0.2) is 24.3 Å². The molecule has 1 rings (SSSR count). The Hall–Kier alpha value is -1.33. The highest BCUT2D eigenvalue weighted by Gasteiger charge is 2.44. The Kier molecular flexibility index (Phi) is 28.4. The van der Waals surface area contributed by atoms with Crippen molar-refractivity contribution >= 4 is 5.91 Å². The van der Waals surface area contributed by atoms with Crippen LogP contribution in [0.2, 0.25) is 0 Å². The molecule has 1 heterocycles. The molecule has 1 fully saturated rings. The van der Waals surface area contributed by atoms with E-state index >= 15 is 0 Å². The van der Waals surface area contributed by atoms with Crippen LogP contribution >= 0.6 is 0 Å². The molecule has 7 unspecified atom stereocenters. The number of rotatable bonds is 31. The molecule has 0 spiro atoms. The van der Waals surface area contributed by atoms with Gasteiger partial charge in [0.15, 0.2) is 6.29 Å². The first-order valence-corrected chi connectivity index (χ1v) is 19.6. The van der Waals surface area contributed by atoms with Crippen molar-refractivity contribution in [2.24, 2.45) is 0 Å². The summed E-state index contributed by atoms with van der Waals surface area (Å²) in [5.41, 5.74) is 0. The van der Waals surface area contributed by atoms with Gasteiger partial charge in [-0.3, -0.25) is 4.79 Å². The molecule has 0 aromatic rings. The fraction of sp³-hybridized carbons (Fsp3) is 0.872. The lowest BCUT2D eigenvalue weighted by Crippen LogP contribution is -2.60. The van der Waals surface area contributed by atoms with E-state index in [4.69, 9.17) is 9.47 Å². The van der Waals surface area contributed by atoms with E-state index in [1.165, 1.54) is 103 Å². The topological polar surface area (TPSA) is 149 Å². The van der Waals surface area contributed by atoms with Crippen molar-refractivity contribution in [1.29, 1.82) is 0 Å². The minimum atomic E-state index is -1.56. The quantitative estimate of drug-likeness (QED) is 0.0346. The van der Waals surface area contributed by atoms with Gasteiger partial charge < -0.3 is 40.3 Å². The summed E-state index contributed by atoms with van der Waals surface area (Å²) < 4.78 is 11.0. The molecule has 0 bridgehead atoms. The minimum absolute atomic E-state index is 0.190. The number of aliphatic hydroxyl groups excluding tert-OH is 5. The Bertz CT molecular complexity index is 807. The van der Waals surface area contributed by atoms with Gasteiger partial charge in [-0.2, -0.15) is 0 Å². The lowest BCUT2D eigenvalue weighted by atomic mass is 9.99. The summed E-state index contributed by atoms with van der Waals surface area (Å²) in [7, 11) is 0. The third-order valence-electron chi connectivity index (χ3n) is 9.27. The summed E-state index contributed by atoms with van der Waals surface area (Å²) in [6.07, 6.45) is 27.2. The Morgan fingerprint density at radius 1 is 0.688 bits per heavy atom. The fourth-order valence-electron chi connectivity index (χ4n) is 6.02. The van der Waals surface area contributed by atoms with Gasteiger partial charge in [-0.1, -0.05) is 141 Å². The molecule has 282 valence electrons. The van der Waals surface area contributed by atoms with Crippen molar-refractivity contribution < 1.29 is 39.8 Å². The van der Waals surface area contributed by atoms with Crippen LogP contribution in [0.5, 0.6) is 0 Å². The average Bonchev–Trinajstić information content (AvgIpc) is 3.08. The molecule has 1 aliphatic rings. The second-order valence-electron chi connectivity index (χ2n) is 13.7. The number of hydrogen-bond acceptors (Lipinski definition) is 8. The zero-order chi connectivity index (χ0) is 35.2. The third-order valence-corrected chi connectivity index (χ3v) is 9.27. The van der Waals surface area contributed by atoms with Gasteiger partial charge in [-0.25, -0.2) is 0 Å². The molecule has 9 heteroatoms. The molecule has 1 amide bonds. The van der Waals surface area contributed by atoms with Gasteiger partial charge in [0.1, 0.15) is 24.4 Å². The second-order valence-corrected chi connectivity index (χ2v) is 13.7. The number of nitrogens with one attached hydrogen (secondary N) is 1. The van der Waals surface area contributed by atoms with Crippen molar-refractivity contribution in [2.75, 3.05) is 13.2 Å². The first kappa shape index (κ1) is 44.7. The number of carbonyl (C=O) groups excluding carboxylic acids is 1. The molecule has 1 saturated heterocycles. The maximum Gasteiger partial charge on any atom is 0.220 e. The molecular weight excluding hydrogens is 610 g/mol. The molecule has 48 heavy (non-hydrogen) atoms. The second kappa shape index (κ2) is 30.5. The van der Waals surface area contributed by atoms with Gasteiger partial charge in [0, 0.05) is 6.42 Å². The van der Waals surface area contributed by atoms with Crippen molar-refractivity contribution in [1.82, 2.24) is 5.32 Å². The minimum Gasteiger partial charge on any atom is -0.394 e. The van der Waals surface area contributed by atoms with Gasteiger partial charge in [0.05, 0.1) is 25.4 Å². The number of hydrogen-bond donors (Lipinski definition) is 6. The highest BCUT2D eigenvalue weighted by atomic mass is 16.7. The number of carbonyl (C=O) groups is 1. The van der Waals surface area contributed by atoms with Crippen LogP contribution in [-0.4, -0.2) is 87.5 Å². The Morgan fingerprint density at radius 3 is 1.73 bits per heavy atom. The van der Waals surface area contributed by atoms with E-state index < -0.39 is 49.5 Å². The summed E-state index contributed by atoms with van der Waals surface area (Å²) in [5.74, 6) is -0.190. The van der Waals surface area contributed by atoms with Crippen molar-refractivity contribution in [2.45, 2.75) is 204 Å². The molecule has 0 radical (unpaired) electrons. The molecule has 6 N–H and O–H groups in total. The summed E-state index contributed by atoms with van der Waals surface area (Å²) >= 11 is 0. The highest BCUT2D eigenvalue weighted by molar-refractivity contribution is 5.76. The van der Waals surface area contributed by atoms with Crippen LogP contribution in [0.4, 0.5) is 0 Å². The largest absolute Gasteiger partial charge is 0.394 e. The number of unbranched alkanes of at least 4 members (excludes halogenated alkanes) is 19. The zero-order valence-corrected chi connectivity index (χ0v) is 30.5. The average molecular weight is 684 g/mol. The fourth-order valence-corrected chi connectivity index (χ4v) is 6.02. The molecule has 7 atom stereocenters. The molecule has 0 saturated carbocycles. The van der Waals surface area contributed by atoms with Crippen LogP contribution in [0.25, 0.3) is 0 Å². The van der Waals surface area contributed by atoms with Gasteiger partial charge >= 0.3 is 0 Å². The van der Waals surface area contributed by atoms with Crippen LogP contribution in [0.3, 0.4) is 0 Å². The van der Waals surface area contributed by atoms with Gasteiger partial charge in [0.25, 0.3) is 0 Å². The first-order valence-electron chi connectivity index (χ1n) is 19.6. The SMILES string of the molecule is CCCC/C=C/C(O)C(COC1OC(CO)C(O)C(O)C1O)NC(=O)CCCCCCCCCCC/C=C\CCCCCCCCCC. The van der Waals surface area contributed by atoms with Crippen LogP contribution < -0.4 is 5.32 Å². The van der Waals surface area contributed by atoms with Crippen LogP contribution in [0, 0.1) is 0 Å².